The summed E-state index contributed by atoms with van der Waals surface area (Å²) in [7, 11) is 0. The van der Waals surface area contributed by atoms with Gasteiger partial charge in [0.25, 0.3) is 0 Å². The second-order valence-corrected chi connectivity index (χ2v) is 7.01. The number of hydrogen-bond donors (Lipinski definition) is 2. The third-order valence-corrected chi connectivity index (χ3v) is 4.97. The molecule has 2 aromatic carbocycles. The van der Waals surface area contributed by atoms with E-state index in [1.165, 1.54) is 11.8 Å². The molecular weight excluding hydrogens is 344 g/mol. The van der Waals surface area contributed by atoms with Crippen molar-refractivity contribution in [3.8, 4) is 0 Å². The molecule has 0 radical (unpaired) electrons. The highest BCUT2D eigenvalue weighted by Gasteiger charge is 2.16. The van der Waals surface area contributed by atoms with Gasteiger partial charge in [0.1, 0.15) is 0 Å². The Morgan fingerprint density at radius 2 is 1.79 bits per heavy atom. The Hall–Kier alpha value is -1.98. The van der Waals surface area contributed by atoms with Crippen LogP contribution in [0.5, 0.6) is 0 Å². The molecule has 0 fully saturated rings. The monoisotopic (exact) mass is 362 g/mol. The van der Waals surface area contributed by atoms with E-state index in [0.717, 1.165) is 11.3 Å². The number of halogens is 1. The summed E-state index contributed by atoms with van der Waals surface area (Å²) in [5.74, 6) is -0.0828. The molecule has 0 aliphatic carbocycles. The highest BCUT2D eigenvalue weighted by molar-refractivity contribution is 8.01. The number of thioether (sulfide) groups is 1. The fourth-order valence-electron chi connectivity index (χ4n) is 1.97. The zero-order valence-electron chi connectivity index (χ0n) is 13.5. The summed E-state index contributed by atoms with van der Waals surface area (Å²) in [6.45, 7) is 3.62. The maximum Gasteiger partial charge on any atom is 0.237 e. The summed E-state index contributed by atoms with van der Waals surface area (Å²) in [6, 6.07) is 14.6. The van der Waals surface area contributed by atoms with E-state index in [9.17, 15) is 9.59 Å². The van der Waals surface area contributed by atoms with Gasteiger partial charge in [-0.15, -0.1) is 11.8 Å². The zero-order valence-corrected chi connectivity index (χ0v) is 15.1. The van der Waals surface area contributed by atoms with Crippen LogP contribution in [0, 0.1) is 6.92 Å². The average molecular weight is 363 g/mol. The van der Waals surface area contributed by atoms with Crippen molar-refractivity contribution in [1.82, 2.24) is 0 Å². The number of carbonyl (C=O) groups is 2. The highest BCUT2D eigenvalue weighted by Crippen LogP contribution is 2.24. The van der Waals surface area contributed by atoms with Crippen LogP contribution >= 0.6 is 23.4 Å². The molecule has 6 heteroatoms. The van der Waals surface area contributed by atoms with Crippen molar-refractivity contribution in [2.45, 2.75) is 19.1 Å². The van der Waals surface area contributed by atoms with E-state index in [4.69, 9.17) is 11.6 Å². The number of nitrogens with one attached hydrogen (secondary N) is 2. The van der Waals surface area contributed by atoms with Gasteiger partial charge in [-0.1, -0.05) is 35.9 Å². The maximum atomic E-state index is 12.2. The van der Waals surface area contributed by atoms with Gasteiger partial charge in [-0.25, -0.2) is 0 Å². The normalized spacial score (nSPS) is 11.6. The van der Waals surface area contributed by atoms with Crippen LogP contribution in [0.1, 0.15) is 12.5 Å². The van der Waals surface area contributed by atoms with E-state index in [1.807, 2.05) is 37.3 Å². The summed E-state index contributed by atoms with van der Waals surface area (Å²) in [5.41, 5.74) is 2.26. The van der Waals surface area contributed by atoms with Crippen molar-refractivity contribution < 1.29 is 9.59 Å². The molecule has 2 aromatic rings. The number of anilines is 2. The third-order valence-electron chi connectivity index (χ3n) is 3.42. The molecule has 1 atom stereocenters. The van der Waals surface area contributed by atoms with Crippen LogP contribution in [0.4, 0.5) is 11.4 Å². The molecule has 126 valence electrons. The summed E-state index contributed by atoms with van der Waals surface area (Å²) < 4.78 is 0. The van der Waals surface area contributed by atoms with Crippen LogP contribution in [-0.4, -0.2) is 22.8 Å². The minimum atomic E-state index is -0.357. The summed E-state index contributed by atoms with van der Waals surface area (Å²) >= 11 is 7.33. The Kier molecular flexibility index (Phi) is 6.70. The van der Waals surface area contributed by atoms with Crippen LogP contribution in [0.25, 0.3) is 0 Å². The third kappa shape index (κ3) is 5.28. The molecule has 1 unspecified atom stereocenters. The lowest BCUT2D eigenvalue weighted by Crippen LogP contribution is -2.25. The minimum absolute atomic E-state index is 0.134. The van der Waals surface area contributed by atoms with Crippen LogP contribution in [-0.2, 0) is 9.59 Å². The summed E-state index contributed by atoms with van der Waals surface area (Å²) in [5, 5.41) is 5.89. The van der Waals surface area contributed by atoms with Crippen LogP contribution in [0.3, 0.4) is 0 Å². The predicted molar refractivity (Wildman–Crippen MR) is 102 cm³/mol. The lowest BCUT2D eigenvalue weighted by molar-refractivity contribution is -0.115. The van der Waals surface area contributed by atoms with E-state index >= 15 is 0 Å². The average Bonchev–Trinajstić information content (AvgIpc) is 2.57. The molecule has 4 nitrogen and oxygen atoms in total. The summed E-state index contributed by atoms with van der Waals surface area (Å²) in [4.78, 5) is 24.2. The fraction of sp³-hybridized carbons (Fsp3) is 0.222. The number of para-hydroxylation sites is 1. The SMILES string of the molecule is Cc1c(Cl)cccc1NC(=O)C(C)SCC(=O)Nc1ccccc1. The molecule has 24 heavy (non-hydrogen) atoms. The Morgan fingerprint density at radius 3 is 2.50 bits per heavy atom. The Balaban J connectivity index is 1.83. The maximum absolute atomic E-state index is 12.2. The minimum Gasteiger partial charge on any atom is -0.325 e. The molecule has 2 amide bonds. The van der Waals surface area contributed by atoms with Gasteiger partial charge in [0, 0.05) is 16.4 Å². The molecular formula is C18H19ClN2O2S. The quantitative estimate of drug-likeness (QED) is 0.803. The van der Waals surface area contributed by atoms with E-state index < -0.39 is 0 Å². The van der Waals surface area contributed by atoms with E-state index in [-0.39, 0.29) is 22.8 Å². The van der Waals surface area contributed by atoms with Gasteiger partial charge in [0.05, 0.1) is 11.0 Å². The van der Waals surface area contributed by atoms with Crippen molar-refractivity contribution in [3.63, 3.8) is 0 Å². The van der Waals surface area contributed by atoms with Crippen molar-refractivity contribution in [2.75, 3.05) is 16.4 Å². The summed E-state index contributed by atoms with van der Waals surface area (Å²) in [6.07, 6.45) is 0. The molecule has 2 N–H and O–H groups in total. The molecule has 0 aliphatic heterocycles. The Bertz CT molecular complexity index is 722. The fourth-order valence-corrected chi connectivity index (χ4v) is 2.83. The molecule has 0 heterocycles. The zero-order chi connectivity index (χ0) is 17.5. The van der Waals surface area contributed by atoms with E-state index in [1.54, 1.807) is 25.1 Å². The second-order valence-electron chi connectivity index (χ2n) is 5.27. The smallest absolute Gasteiger partial charge is 0.237 e. The first kappa shape index (κ1) is 18.4. The van der Waals surface area contributed by atoms with E-state index in [2.05, 4.69) is 10.6 Å². The largest absolute Gasteiger partial charge is 0.325 e. The molecule has 0 bridgehead atoms. The van der Waals surface area contributed by atoms with Gasteiger partial charge in [-0.3, -0.25) is 9.59 Å². The van der Waals surface area contributed by atoms with E-state index in [0.29, 0.717) is 10.7 Å². The van der Waals surface area contributed by atoms with Crippen LogP contribution < -0.4 is 10.6 Å². The first-order chi connectivity index (χ1) is 11.5. The number of carbonyl (C=O) groups excluding carboxylic acids is 2. The number of rotatable bonds is 6. The molecule has 0 spiro atoms. The topological polar surface area (TPSA) is 58.2 Å². The van der Waals surface area contributed by atoms with Crippen molar-refractivity contribution >= 4 is 46.6 Å². The van der Waals surface area contributed by atoms with Crippen molar-refractivity contribution in [3.05, 3.63) is 59.1 Å². The van der Waals surface area contributed by atoms with Gasteiger partial charge >= 0.3 is 0 Å². The number of benzene rings is 2. The van der Waals surface area contributed by atoms with Gasteiger partial charge in [-0.2, -0.15) is 0 Å². The van der Waals surface area contributed by atoms with Gasteiger partial charge in [-0.05, 0) is 43.7 Å². The van der Waals surface area contributed by atoms with Crippen LogP contribution in [0.15, 0.2) is 48.5 Å². The number of hydrogen-bond acceptors (Lipinski definition) is 3. The predicted octanol–water partition coefficient (Wildman–Crippen LogP) is 4.35. The molecule has 2 rings (SSSR count). The van der Waals surface area contributed by atoms with Crippen molar-refractivity contribution in [2.24, 2.45) is 0 Å². The first-order valence-corrected chi connectivity index (χ1v) is 8.92. The van der Waals surface area contributed by atoms with Gasteiger partial charge < -0.3 is 10.6 Å². The lowest BCUT2D eigenvalue weighted by atomic mass is 10.2. The molecule has 0 saturated heterocycles. The van der Waals surface area contributed by atoms with Crippen LogP contribution in [0.2, 0.25) is 5.02 Å². The standard InChI is InChI=1S/C18H19ClN2O2S/c1-12-15(19)9-6-10-16(12)21-18(23)13(2)24-11-17(22)20-14-7-4-3-5-8-14/h3-10,13H,11H2,1-2H3,(H,20,22)(H,21,23). The first-order valence-electron chi connectivity index (χ1n) is 7.50. The lowest BCUT2D eigenvalue weighted by Gasteiger charge is -2.14. The Morgan fingerprint density at radius 1 is 1.08 bits per heavy atom. The van der Waals surface area contributed by atoms with Gasteiger partial charge in [0.2, 0.25) is 11.8 Å². The highest BCUT2D eigenvalue weighted by atomic mass is 35.5. The van der Waals surface area contributed by atoms with Crippen molar-refractivity contribution in [1.29, 1.82) is 0 Å². The Labute approximate surface area is 151 Å². The molecule has 0 saturated carbocycles. The second kappa shape index (κ2) is 8.76. The molecule has 0 aromatic heterocycles. The molecule has 0 aliphatic rings. The van der Waals surface area contributed by atoms with Gasteiger partial charge in [0.15, 0.2) is 0 Å². The number of amides is 2.